The standard InChI is InChI=1S/C28H33ClFN5O4/c1-37-12-10-35(11-13-38-2)9-3-4-27(36)34-25-15-21-24(16-26(25)39-17-19-5-6-19)31-18-32-28(21)33-20-7-8-23(30)22(29)14-20/h3-4,7-8,14-16,18-19H,5-6,9-13,17H2,1-2H3,(H,34,36)(H,31,32,33). The number of anilines is 3. The minimum absolute atomic E-state index is 0.00290. The summed E-state index contributed by atoms with van der Waals surface area (Å²) in [4.78, 5) is 23.8. The van der Waals surface area contributed by atoms with Crippen molar-refractivity contribution in [3.05, 3.63) is 59.7 Å². The number of nitrogens with zero attached hydrogens (tertiary/aromatic N) is 3. The Kier molecular flexibility index (Phi) is 10.4. The molecule has 0 saturated heterocycles. The van der Waals surface area contributed by atoms with Crippen LogP contribution in [0.4, 0.5) is 21.6 Å². The molecule has 1 aliphatic rings. The maximum atomic E-state index is 13.6. The summed E-state index contributed by atoms with van der Waals surface area (Å²) < 4.78 is 30.0. The van der Waals surface area contributed by atoms with Gasteiger partial charge in [0.2, 0.25) is 5.91 Å². The van der Waals surface area contributed by atoms with Crippen LogP contribution in [0.2, 0.25) is 5.02 Å². The van der Waals surface area contributed by atoms with Gasteiger partial charge in [0.05, 0.1) is 36.0 Å². The van der Waals surface area contributed by atoms with Gasteiger partial charge in [-0.25, -0.2) is 14.4 Å². The number of rotatable bonds is 15. The first kappa shape index (κ1) is 28.7. The third kappa shape index (κ3) is 8.59. The molecule has 0 atom stereocenters. The number of amides is 1. The molecular formula is C28H33ClFN5O4. The van der Waals surface area contributed by atoms with Gasteiger partial charge in [0, 0.05) is 57.1 Å². The van der Waals surface area contributed by atoms with E-state index in [0.717, 1.165) is 25.9 Å². The molecule has 0 bridgehead atoms. The zero-order valence-electron chi connectivity index (χ0n) is 22.1. The number of ether oxygens (including phenoxy) is 3. The van der Waals surface area contributed by atoms with Crippen LogP contribution in [0, 0.1) is 11.7 Å². The van der Waals surface area contributed by atoms with Crippen molar-refractivity contribution in [1.82, 2.24) is 14.9 Å². The Hall–Kier alpha value is -3.31. The van der Waals surface area contributed by atoms with E-state index >= 15 is 0 Å². The van der Waals surface area contributed by atoms with E-state index in [9.17, 15) is 9.18 Å². The Bertz CT molecular complexity index is 1300. The van der Waals surface area contributed by atoms with E-state index in [1.165, 1.54) is 24.5 Å². The second-order valence-corrected chi connectivity index (χ2v) is 9.68. The highest BCUT2D eigenvalue weighted by molar-refractivity contribution is 6.31. The Morgan fingerprint density at radius 3 is 2.62 bits per heavy atom. The van der Waals surface area contributed by atoms with Crippen LogP contribution in [0.5, 0.6) is 5.75 Å². The average Bonchev–Trinajstić information content (AvgIpc) is 3.76. The highest BCUT2D eigenvalue weighted by atomic mass is 35.5. The molecule has 9 nitrogen and oxygen atoms in total. The van der Waals surface area contributed by atoms with Crippen molar-refractivity contribution in [1.29, 1.82) is 0 Å². The lowest BCUT2D eigenvalue weighted by Gasteiger charge is -2.19. The lowest BCUT2D eigenvalue weighted by molar-refractivity contribution is -0.111. The topological polar surface area (TPSA) is 97.8 Å². The molecule has 0 spiro atoms. The summed E-state index contributed by atoms with van der Waals surface area (Å²) in [6, 6.07) is 7.90. The van der Waals surface area contributed by atoms with Gasteiger partial charge in [-0.1, -0.05) is 17.7 Å². The zero-order chi connectivity index (χ0) is 27.6. The van der Waals surface area contributed by atoms with Crippen LogP contribution < -0.4 is 15.4 Å². The highest BCUT2D eigenvalue weighted by Gasteiger charge is 2.23. The Morgan fingerprint density at radius 1 is 1.15 bits per heavy atom. The second kappa shape index (κ2) is 14.2. The molecule has 0 unspecified atom stereocenters. The van der Waals surface area contributed by atoms with Crippen LogP contribution in [-0.2, 0) is 14.3 Å². The van der Waals surface area contributed by atoms with Gasteiger partial charge in [0.15, 0.2) is 0 Å². The zero-order valence-corrected chi connectivity index (χ0v) is 22.8. The fourth-order valence-electron chi connectivity index (χ4n) is 3.82. The van der Waals surface area contributed by atoms with Crippen LogP contribution in [0.3, 0.4) is 0 Å². The smallest absolute Gasteiger partial charge is 0.248 e. The molecule has 2 aromatic carbocycles. The molecule has 4 rings (SSSR count). The van der Waals surface area contributed by atoms with Crippen LogP contribution in [0.15, 0.2) is 48.8 Å². The fraction of sp³-hybridized carbons (Fsp3) is 0.393. The molecule has 1 amide bonds. The third-order valence-corrected chi connectivity index (χ3v) is 6.49. The average molecular weight is 558 g/mol. The Balaban J connectivity index is 1.54. The van der Waals surface area contributed by atoms with Crippen molar-refractivity contribution >= 4 is 45.6 Å². The van der Waals surface area contributed by atoms with Crippen LogP contribution in [-0.4, -0.2) is 74.4 Å². The van der Waals surface area contributed by atoms with Gasteiger partial charge >= 0.3 is 0 Å². The number of aromatic nitrogens is 2. The molecule has 0 aliphatic heterocycles. The van der Waals surface area contributed by atoms with Crippen molar-refractivity contribution in [3.8, 4) is 5.75 Å². The number of hydrogen-bond acceptors (Lipinski definition) is 8. The lowest BCUT2D eigenvalue weighted by atomic mass is 10.1. The predicted octanol–water partition coefficient (Wildman–Crippen LogP) is 5.04. The molecule has 3 aromatic rings. The van der Waals surface area contributed by atoms with E-state index in [-0.39, 0.29) is 10.9 Å². The van der Waals surface area contributed by atoms with Gasteiger partial charge < -0.3 is 24.8 Å². The number of benzene rings is 2. The Labute approximate surface area is 232 Å². The molecule has 0 radical (unpaired) electrons. The summed E-state index contributed by atoms with van der Waals surface area (Å²) in [5.74, 6) is 0.744. The molecule has 208 valence electrons. The monoisotopic (exact) mass is 557 g/mol. The van der Waals surface area contributed by atoms with E-state index in [0.29, 0.717) is 66.1 Å². The third-order valence-electron chi connectivity index (χ3n) is 6.20. The van der Waals surface area contributed by atoms with E-state index in [1.807, 2.05) is 0 Å². The molecule has 1 heterocycles. The predicted molar refractivity (Wildman–Crippen MR) is 150 cm³/mol. The first-order valence-electron chi connectivity index (χ1n) is 12.8. The summed E-state index contributed by atoms with van der Waals surface area (Å²) in [7, 11) is 3.32. The molecule has 39 heavy (non-hydrogen) atoms. The number of nitrogens with one attached hydrogen (secondary N) is 2. The van der Waals surface area contributed by atoms with Crippen molar-refractivity contribution in [3.63, 3.8) is 0 Å². The van der Waals surface area contributed by atoms with Crippen molar-refractivity contribution in [2.24, 2.45) is 5.92 Å². The first-order valence-corrected chi connectivity index (χ1v) is 13.2. The summed E-state index contributed by atoms with van der Waals surface area (Å²) in [5, 5.41) is 6.75. The summed E-state index contributed by atoms with van der Waals surface area (Å²) in [6.07, 6.45) is 7.01. The second-order valence-electron chi connectivity index (χ2n) is 9.27. The minimum atomic E-state index is -0.509. The van der Waals surface area contributed by atoms with Crippen molar-refractivity contribution < 1.29 is 23.4 Å². The molecule has 1 saturated carbocycles. The SMILES string of the molecule is COCCN(CC=CC(=O)Nc1cc2c(Nc3ccc(F)c(Cl)c3)ncnc2cc1OCC1CC1)CCOC. The largest absolute Gasteiger partial charge is 0.491 e. The van der Waals surface area contributed by atoms with Crippen molar-refractivity contribution in [2.75, 3.05) is 64.3 Å². The normalized spacial score (nSPS) is 13.4. The Morgan fingerprint density at radius 2 is 1.92 bits per heavy atom. The first-order chi connectivity index (χ1) is 19.0. The number of carbonyl (C=O) groups is 1. The van der Waals surface area contributed by atoms with E-state index in [2.05, 4.69) is 25.5 Å². The van der Waals surface area contributed by atoms with E-state index in [1.54, 1.807) is 38.5 Å². The maximum absolute atomic E-state index is 13.6. The van der Waals surface area contributed by atoms with Gasteiger partial charge in [-0.15, -0.1) is 0 Å². The summed E-state index contributed by atoms with van der Waals surface area (Å²) in [6.45, 7) is 3.78. The number of fused-ring (bicyclic) bond motifs is 1. The molecular weight excluding hydrogens is 525 g/mol. The number of carbonyl (C=O) groups excluding carboxylic acids is 1. The lowest BCUT2D eigenvalue weighted by Crippen LogP contribution is -2.31. The minimum Gasteiger partial charge on any atom is -0.491 e. The molecule has 2 N–H and O–H groups in total. The van der Waals surface area contributed by atoms with Crippen LogP contribution >= 0.6 is 11.6 Å². The summed E-state index contributed by atoms with van der Waals surface area (Å²) >= 11 is 5.94. The number of halogens is 2. The van der Waals surface area contributed by atoms with E-state index < -0.39 is 5.82 Å². The molecule has 11 heteroatoms. The fourth-order valence-corrected chi connectivity index (χ4v) is 4.00. The summed E-state index contributed by atoms with van der Waals surface area (Å²) in [5.41, 5.74) is 1.70. The molecule has 1 aromatic heterocycles. The van der Waals surface area contributed by atoms with Gasteiger partial charge in [-0.3, -0.25) is 9.69 Å². The maximum Gasteiger partial charge on any atom is 0.248 e. The van der Waals surface area contributed by atoms with Gasteiger partial charge in [-0.05, 0) is 43.0 Å². The van der Waals surface area contributed by atoms with E-state index in [4.69, 9.17) is 25.8 Å². The number of hydrogen-bond donors (Lipinski definition) is 2. The van der Waals surface area contributed by atoms with Gasteiger partial charge in [0.1, 0.15) is 23.7 Å². The van der Waals surface area contributed by atoms with Crippen LogP contribution in [0.1, 0.15) is 12.8 Å². The molecule has 1 fully saturated rings. The van der Waals surface area contributed by atoms with Crippen LogP contribution in [0.25, 0.3) is 10.9 Å². The van der Waals surface area contributed by atoms with Crippen molar-refractivity contribution in [2.45, 2.75) is 12.8 Å². The van der Waals surface area contributed by atoms with Gasteiger partial charge in [-0.2, -0.15) is 0 Å². The quantitative estimate of drug-likeness (QED) is 0.251. The van der Waals surface area contributed by atoms with Gasteiger partial charge in [0.25, 0.3) is 0 Å². The molecule has 1 aliphatic carbocycles. The number of methoxy groups -OCH3 is 2. The highest BCUT2D eigenvalue weighted by Crippen LogP contribution is 2.36.